The minimum absolute atomic E-state index is 0.235. The average Bonchev–Trinajstić information content (AvgIpc) is 3.04. The van der Waals surface area contributed by atoms with Crippen LogP contribution in [0.15, 0.2) is 65.9 Å². The lowest BCUT2D eigenvalue weighted by molar-refractivity contribution is 0.132. The Morgan fingerprint density at radius 1 is 1.00 bits per heavy atom. The van der Waals surface area contributed by atoms with Gasteiger partial charge in [0, 0.05) is 32.4 Å². The van der Waals surface area contributed by atoms with Crippen LogP contribution in [0.2, 0.25) is 15.1 Å². The minimum Gasteiger partial charge on any atom is -0.391 e. The highest BCUT2D eigenvalue weighted by molar-refractivity contribution is 6.35. The number of nitrogens with zero attached hydrogens (tertiary/aromatic N) is 3. The summed E-state index contributed by atoms with van der Waals surface area (Å²) in [6, 6.07) is 16.8. The molecule has 29 heavy (non-hydrogen) atoms. The summed E-state index contributed by atoms with van der Waals surface area (Å²) >= 11 is 18.1. The van der Waals surface area contributed by atoms with E-state index < -0.39 is 0 Å². The smallest absolute Gasteiger partial charge is 0.143 e. The van der Waals surface area contributed by atoms with Crippen LogP contribution in [0.1, 0.15) is 16.8 Å². The molecule has 2 aromatic heterocycles. The molecule has 0 N–H and O–H groups in total. The minimum atomic E-state index is 0.235. The number of benzene rings is 2. The van der Waals surface area contributed by atoms with E-state index in [4.69, 9.17) is 44.6 Å². The molecule has 0 aliphatic rings. The van der Waals surface area contributed by atoms with Crippen molar-refractivity contribution in [2.45, 2.75) is 13.5 Å². The number of hydrogen-bond donors (Lipinski definition) is 0. The second kappa shape index (κ2) is 8.46. The summed E-state index contributed by atoms with van der Waals surface area (Å²) in [5.41, 5.74) is 5.31. The van der Waals surface area contributed by atoms with E-state index in [-0.39, 0.29) is 6.61 Å². The zero-order valence-corrected chi connectivity index (χ0v) is 17.7. The zero-order valence-electron chi connectivity index (χ0n) is 15.4. The molecule has 0 aliphatic carbocycles. The molecule has 146 valence electrons. The SMILES string of the molecule is Cc1ccn2c(/C=N\OCc3ccc(Cl)cc3Cl)c(-c3ccc(Cl)cc3)nc2c1. The van der Waals surface area contributed by atoms with Crippen LogP contribution in [0.5, 0.6) is 0 Å². The van der Waals surface area contributed by atoms with Gasteiger partial charge in [-0.25, -0.2) is 4.98 Å². The first-order chi connectivity index (χ1) is 14.0. The van der Waals surface area contributed by atoms with Crippen LogP contribution in [-0.4, -0.2) is 15.6 Å². The Morgan fingerprint density at radius 2 is 1.76 bits per heavy atom. The number of halogens is 3. The van der Waals surface area contributed by atoms with Gasteiger partial charge in [-0.2, -0.15) is 0 Å². The third-order valence-electron chi connectivity index (χ3n) is 4.42. The molecular weight excluding hydrogens is 429 g/mol. The van der Waals surface area contributed by atoms with Gasteiger partial charge in [0.15, 0.2) is 0 Å². The number of pyridine rings is 1. The van der Waals surface area contributed by atoms with Gasteiger partial charge in [0.1, 0.15) is 12.3 Å². The van der Waals surface area contributed by atoms with Gasteiger partial charge < -0.3 is 4.84 Å². The number of fused-ring (bicyclic) bond motifs is 1. The van der Waals surface area contributed by atoms with E-state index in [9.17, 15) is 0 Å². The number of oxime groups is 1. The molecule has 0 unspecified atom stereocenters. The highest BCUT2D eigenvalue weighted by Crippen LogP contribution is 2.26. The van der Waals surface area contributed by atoms with E-state index in [1.807, 2.05) is 60.0 Å². The lowest BCUT2D eigenvalue weighted by Gasteiger charge is -2.04. The topological polar surface area (TPSA) is 38.9 Å². The standard InChI is InChI=1S/C22H16Cl3N3O/c1-14-8-9-28-20(12-26-29-13-16-4-7-18(24)11-19(16)25)22(27-21(28)10-14)15-2-5-17(23)6-3-15/h2-12H,13H2,1H3/b26-12-. The molecule has 0 aliphatic heterocycles. The van der Waals surface area contributed by atoms with E-state index >= 15 is 0 Å². The Kier molecular flexibility index (Phi) is 5.76. The van der Waals surface area contributed by atoms with Crippen molar-refractivity contribution in [1.82, 2.24) is 9.38 Å². The fourth-order valence-electron chi connectivity index (χ4n) is 2.94. The van der Waals surface area contributed by atoms with Crippen molar-refractivity contribution in [1.29, 1.82) is 0 Å². The average molecular weight is 445 g/mol. The van der Waals surface area contributed by atoms with Crippen LogP contribution in [0.25, 0.3) is 16.9 Å². The van der Waals surface area contributed by atoms with Gasteiger partial charge in [0.2, 0.25) is 0 Å². The quantitative estimate of drug-likeness (QED) is 0.250. The van der Waals surface area contributed by atoms with E-state index in [0.29, 0.717) is 15.1 Å². The van der Waals surface area contributed by atoms with Crippen LogP contribution >= 0.6 is 34.8 Å². The fourth-order valence-corrected chi connectivity index (χ4v) is 3.53. The zero-order chi connectivity index (χ0) is 20.4. The van der Waals surface area contributed by atoms with Gasteiger partial charge in [-0.1, -0.05) is 58.2 Å². The Hall–Kier alpha value is -2.53. The first-order valence-electron chi connectivity index (χ1n) is 8.85. The normalized spacial score (nSPS) is 11.4. The van der Waals surface area contributed by atoms with Crippen molar-refractivity contribution in [3.8, 4) is 11.3 Å². The van der Waals surface area contributed by atoms with Crippen LogP contribution in [-0.2, 0) is 11.4 Å². The summed E-state index contributed by atoms with van der Waals surface area (Å²) in [4.78, 5) is 10.2. The van der Waals surface area contributed by atoms with Gasteiger partial charge in [0.25, 0.3) is 0 Å². The Bertz CT molecular complexity index is 1200. The van der Waals surface area contributed by atoms with E-state index in [2.05, 4.69) is 5.16 Å². The maximum Gasteiger partial charge on any atom is 0.143 e. The first-order valence-corrected chi connectivity index (χ1v) is 9.98. The molecule has 0 radical (unpaired) electrons. The summed E-state index contributed by atoms with van der Waals surface area (Å²) in [6.07, 6.45) is 3.62. The maximum atomic E-state index is 6.18. The van der Waals surface area contributed by atoms with Gasteiger partial charge in [-0.05, 0) is 48.9 Å². The molecule has 0 amide bonds. The number of rotatable bonds is 5. The molecule has 2 heterocycles. The summed E-state index contributed by atoms with van der Waals surface area (Å²) in [5, 5.41) is 5.94. The van der Waals surface area contributed by atoms with Crippen LogP contribution in [0.3, 0.4) is 0 Å². The van der Waals surface area contributed by atoms with Crippen molar-refractivity contribution < 1.29 is 4.84 Å². The molecule has 4 aromatic rings. The van der Waals surface area contributed by atoms with Gasteiger partial charge in [-0.15, -0.1) is 0 Å². The Balaban J connectivity index is 1.65. The molecule has 0 fully saturated rings. The van der Waals surface area contributed by atoms with Gasteiger partial charge in [-0.3, -0.25) is 4.40 Å². The fraction of sp³-hybridized carbons (Fsp3) is 0.0909. The lowest BCUT2D eigenvalue weighted by atomic mass is 10.1. The number of aromatic nitrogens is 2. The summed E-state index contributed by atoms with van der Waals surface area (Å²) < 4.78 is 1.97. The summed E-state index contributed by atoms with van der Waals surface area (Å²) in [6.45, 7) is 2.27. The monoisotopic (exact) mass is 443 g/mol. The van der Waals surface area contributed by atoms with Crippen molar-refractivity contribution in [3.05, 3.63) is 92.7 Å². The summed E-state index contributed by atoms with van der Waals surface area (Å²) in [7, 11) is 0. The molecule has 0 saturated heterocycles. The van der Waals surface area contributed by atoms with Gasteiger partial charge >= 0.3 is 0 Å². The third-order valence-corrected chi connectivity index (χ3v) is 5.26. The first kappa shape index (κ1) is 19.8. The Morgan fingerprint density at radius 3 is 2.52 bits per heavy atom. The number of aryl methyl sites for hydroxylation is 1. The molecule has 4 rings (SSSR count). The molecule has 0 saturated carbocycles. The van der Waals surface area contributed by atoms with Crippen molar-refractivity contribution >= 4 is 46.7 Å². The number of imidazole rings is 1. The highest BCUT2D eigenvalue weighted by atomic mass is 35.5. The highest BCUT2D eigenvalue weighted by Gasteiger charge is 2.13. The maximum absolute atomic E-state index is 6.18. The van der Waals surface area contributed by atoms with E-state index in [1.165, 1.54) is 0 Å². The van der Waals surface area contributed by atoms with Crippen molar-refractivity contribution in [3.63, 3.8) is 0 Å². The second-order valence-corrected chi connectivity index (χ2v) is 7.81. The third kappa shape index (κ3) is 4.40. The predicted molar refractivity (Wildman–Crippen MR) is 119 cm³/mol. The molecule has 2 aromatic carbocycles. The molecule has 0 bridgehead atoms. The molecule has 7 heteroatoms. The largest absolute Gasteiger partial charge is 0.391 e. The number of hydrogen-bond acceptors (Lipinski definition) is 3. The predicted octanol–water partition coefficient (Wildman–Crippen LogP) is 6.82. The van der Waals surface area contributed by atoms with Crippen LogP contribution in [0, 0.1) is 6.92 Å². The molecule has 0 spiro atoms. The van der Waals surface area contributed by atoms with Crippen molar-refractivity contribution in [2.24, 2.45) is 5.16 Å². The second-order valence-electron chi connectivity index (χ2n) is 6.53. The van der Waals surface area contributed by atoms with Crippen LogP contribution in [0.4, 0.5) is 0 Å². The van der Waals surface area contributed by atoms with Crippen LogP contribution < -0.4 is 0 Å². The molecule has 4 nitrogen and oxygen atoms in total. The Labute approximate surface area is 183 Å². The van der Waals surface area contributed by atoms with Crippen molar-refractivity contribution in [2.75, 3.05) is 0 Å². The van der Waals surface area contributed by atoms with E-state index in [0.717, 1.165) is 33.7 Å². The molecule has 0 atom stereocenters. The summed E-state index contributed by atoms with van der Waals surface area (Å²) in [5.74, 6) is 0. The lowest BCUT2D eigenvalue weighted by Crippen LogP contribution is -1.95. The van der Waals surface area contributed by atoms with E-state index in [1.54, 1.807) is 18.3 Å². The van der Waals surface area contributed by atoms with Gasteiger partial charge in [0.05, 0.1) is 17.6 Å². The molecular formula is C22H16Cl3N3O.